The summed E-state index contributed by atoms with van der Waals surface area (Å²) in [7, 11) is 0. The molecule has 1 N–H and O–H groups in total. The fourth-order valence-electron chi connectivity index (χ4n) is 2.19. The Labute approximate surface area is 146 Å². The Morgan fingerprint density at radius 3 is 2.52 bits per heavy atom. The van der Waals surface area contributed by atoms with Crippen molar-refractivity contribution < 1.29 is 23.9 Å². The van der Waals surface area contributed by atoms with E-state index in [9.17, 15) is 14.4 Å². The molecule has 0 amide bonds. The minimum absolute atomic E-state index is 0.00150. The Balaban J connectivity index is 1.99. The number of hydrogen-bond donors (Lipinski definition) is 1. The van der Waals surface area contributed by atoms with Crippen LogP contribution in [-0.4, -0.2) is 30.7 Å². The van der Waals surface area contributed by atoms with Crippen molar-refractivity contribution in [2.24, 2.45) is 0 Å². The van der Waals surface area contributed by atoms with Crippen molar-refractivity contribution in [3.8, 4) is 0 Å². The van der Waals surface area contributed by atoms with Crippen LogP contribution in [0, 0.1) is 0 Å². The molecule has 0 spiro atoms. The van der Waals surface area contributed by atoms with Gasteiger partial charge in [0.1, 0.15) is 11.3 Å². The molecule has 25 heavy (non-hydrogen) atoms. The Hall–Kier alpha value is -2.73. The first-order valence-electron chi connectivity index (χ1n) is 8.20. The van der Waals surface area contributed by atoms with Crippen LogP contribution in [0.1, 0.15) is 37.0 Å². The van der Waals surface area contributed by atoms with Crippen LogP contribution in [0.15, 0.2) is 47.9 Å². The lowest BCUT2D eigenvalue weighted by atomic mass is 10.1. The summed E-state index contributed by atoms with van der Waals surface area (Å²) in [5.41, 5.74) is 1.18. The van der Waals surface area contributed by atoms with Crippen molar-refractivity contribution >= 4 is 23.2 Å². The number of esters is 1. The maximum atomic E-state index is 12.0. The first-order chi connectivity index (χ1) is 12.0. The van der Waals surface area contributed by atoms with E-state index in [0.29, 0.717) is 43.1 Å². The summed E-state index contributed by atoms with van der Waals surface area (Å²) in [6, 6.07) is 6.78. The Morgan fingerprint density at radius 1 is 1.20 bits per heavy atom. The van der Waals surface area contributed by atoms with Crippen molar-refractivity contribution in [3.63, 3.8) is 0 Å². The molecule has 1 aliphatic heterocycles. The summed E-state index contributed by atoms with van der Waals surface area (Å²) in [5.74, 6) is -0.688. The molecular weight excluding hydrogens is 322 g/mol. The lowest BCUT2D eigenvalue weighted by Gasteiger charge is -2.13. The predicted octanol–water partition coefficient (Wildman–Crippen LogP) is 3.01. The highest BCUT2D eigenvalue weighted by Crippen LogP contribution is 2.17. The minimum atomic E-state index is -0.667. The summed E-state index contributed by atoms with van der Waals surface area (Å²) in [6.45, 7) is 4.67. The summed E-state index contributed by atoms with van der Waals surface area (Å²) in [6.07, 6.45) is 3.45. The second-order valence-corrected chi connectivity index (χ2v) is 5.37. The normalized spacial score (nSPS) is 15.8. The molecule has 0 radical (unpaired) electrons. The average Bonchev–Trinajstić information content (AvgIpc) is 2.61. The van der Waals surface area contributed by atoms with Gasteiger partial charge in [0.2, 0.25) is 0 Å². The van der Waals surface area contributed by atoms with Crippen LogP contribution in [0.4, 0.5) is 5.69 Å². The molecule has 0 unspecified atom stereocenters. The summed E-state index contributed by atoms with van der Waals surface area (Å²) < 4.78 is 10.2. The lowest BCUT2D eigenvalue weighted by molar-refractivity contribution is -0.137. The molecule has 0 aromatic heterocycles. The maximum Gasteiger partial charge on any atom is 0.348 e. The van der Waals surface area contributed by atoms with Crippen LogP contribution >= 0.6 is 0 Å². The highest BCUT2D eigenvalue weighted by atomic mass is 16.5. The molecule has 0 atom stereocenters. The largest absolute Gasteiger partial charge is 0.427 e. The van der Waals surface area contributed by atoms with E-state index in [1.807, 2.05) is 6.92 Å². The number of allylic oxidation sites excluding steroid dienone is 2. The van der Waals surface area contributed by atoms with Crippen LogP contribution in [0.2, 0.25) is 0 Å². The molecule has 6 heteroatoms. The number of ketones is 2. The minimum Gasteiger partial charge on any atom is -0.427 e. The highest BCUT2D eigenvalue weighted by Gasteiger charge is 2.25. The zero-order valence-electron chi connectivity index (χ0n) is 14.3. The molecule has 1 aromatic carbocycles. The maximum absolute atomic E-state index is 12.0. The third kappa shape index (κ3) is 5.12. The van der Waals surface area contributed by atoms with Gasteiger partial charge in [0.05, 0.1) is 6.61 Å². The summed E-state index contributed by atoms with van der Waals surface area (Å²) in [4.78, 5) is 35.7. The topological polar surface area (TPSA) is 81.7 Å². The molecule has 132 valence electrons. The SMILES string of the molecule is CCOCCC(=O)c1ccc(NC=C2C(=O)C=C(CC)OC2=O)cc1. The van der Waals surface area contributed by atoms with Crippen LogP contribution < -0.4 is 5.32 Å². The van der Waals surface area contributed by atoms with Gasteiger partial charge < -0.3 is 14.8 Å². The van der Waals surface area contributed by atoms with E-state index in [1.54, 1.807) is 31.2 Å². The van der Waals surface area contributed by atoms with Gasteiger partial charge in [0, 0.05) is 43.0 Å². The number of anilines is 1. The van der Waals surface area contributed by atoms with Gasteiger partial charge in [-0.25, -0.2) is 4.79 Å². The molecule has 2 rings (SSSR count). The van der Waals surface area contributed by atoms with Crippen molar-refractivity contribution in [1.82, 2.24) is 0 Å². The quantitative estimate of drug-likeness (QED) is 0.257. The lowest BCUT2D eigenvalue weighted by Crippen LogP contribution is -2.21. The van der Waals surface area contributed by atoms with E-state index in [4.69, 9.17) is 9.47 Å². The highest BCUT2D eigenvalue weighted by molar-refractivity contribution is 6.23. The number of cyclic esters (lactones) is 1. The summed E-state index contributed by atoms with van der Waals surface area (Å²) >= 11 is 0. The molecule has 0 bridgehead atoms. The number of hydrogen-bond acceptors (Lipinski definition) is 6. The van der Waals surface area contributed by atoms with Gasteiger partial charge in [-0.1, -0.05) is 6.92 Å². The van der Waals surface area contributed by atoms with Crippen molar-refractivity contribution in [2.45, 2.75) is 26.7 Å². The van der Waals surface area contributed by atoms with Gasteiger partial charge in [-0.3, -0.25) is 9.59 Å². The molecule has 1 heterocycles. The molecule has 0 fully saturated rings. The zero-order valence-corrected chi connectivity index (χ0v) is 14.3. The number of rotatable bonds is 8. The number of ether oxygens (including phenoxy) is 2. The standard InChI is InChI=1S/C19H21NO5/c1-3-15-11-18(22)16(19(23)25-15)12-20-14-7-5-13(6-8-14)17(21)9-10-24-4-2/h5-8,11-12,20H,3-4,9-10H2,1-2H3. The molecule has 1 aliphatic rings. The zero-order chi connectivity index (χ0) is 18.2. The fourth-order valence-corrected chi connectivity index (χ4v) is 2.19. The Kier molecular flexibility index (Phi) is 6.65. The molecule has 1 aromatic rings. The van der Waals surface area contributed by atoms with E-state index in [0.717, 1.165) is 0 Å². The third-order valence-electron chi connectivity index (χ3n) is 3.62. The second-order valence-electron chi connectivity index (χ2n) is 5.37. The second kappa shape index (κ2) is 8.94. The number of benzene rings is 1. The molecule has 0 saturated heterocycles. The Bertz CT molecular complexity index is 716. The average molecular weight is 343 g/mol. The number of nitrogens with one attached hydrogen (secondary N) is 1. The summed E-state index contributed by atoms with van der Waals surface area (Å²) in [5, 5.41) is 2.88. The van der Waals surface area contributed by atoms with Gasteiger partial charge in [0.15, 0.2) is 11.6 Å². The van der Waals surface area contributed by atoms with Gasteiger partial charge in [-0.2, -0.15) is 0 Å². The van der Waals surface area contributed by atoms with E-state index < -0.39 is 5.97 Å². The van der Waals surface area contributed by atoms with Crippen molar-refractivity contribution in [2.75, 3.05) is 18.5 Å². The van der Waals surface area contributed by atoms with Gasteiger partial charge in [-0.15, -0.1) is 0 Å². The molecule has 6 nitrogen and oxygen atoms in total. The van der Waals surface area contributed by atoms with E-state index in [-0.39, 0.29) is 17.1 Å². The molecular formula is C19H21NO5. The predicted molar refractivity (Wildman–Crippen MR) is 93.1 cm³/mol. The van der Waals surface area contributed by atoms with Crippen LogP contribution in [-0.2, 0) is 19.1 Å². The molecule has 0 aliphatic carbocycles. The van der Waals surface area contributed by atoms with Crippen LogP contribution in [0.3, 0.4) is 0 Å². The van der Waals surface area contributed by atoms with Crippen LogP contribution in [0.5, 0.6) is 0 Å². The monoisotopic (exact) mass is 343 g/mol. The first-order valence-corrected chi connectivity index (χ1v) is 8.20. The van der Waals surface area contributed by atoms with E-state index >= 15 is 0 Å². The molecule has 0 saturated carbocycles. The van der Waals surface area contributed by atoms with Gasteiger partial charge >= 0.3 is 5.97 Å². The first kappa shape index (κ1) is 18.6. The number of Topliss-reactive ketones (excluding diaryl/α,β-unsaturated/α-hetero) is 1. The smallest absolute Gasteiger partial charge is 0.348 e. The Morgan fingerprint density at radius 2 is 1.92 bits per heavy atom. The fraction of sp³-hybridized carbons (Fsp3) is 0.316. The van der Waals surface area contributed by atoms with Gasteiger partial charge in [0.25, 0.3) is 0 Å². The van der Waals surface area contributed by atoms with Gasteiger partial charge in [-0.05, 0) is 31.2 Å². The number of carbonyl (C=O) groups excluding carboxylic acids is 3. The number of carbonyl (C=O) groups is 3. The van der Waals surface area contributed by atoms with Crippen molar-refractivity contribution in [3.05, 3.63) is 53.4 Å². The third-order valence-corrected chi connectivity index (χ3v) is 3.62. The van der Waals surface area contributed by atoms with Crippen LogP contribution in [0.25, 0.3) is 0 Å². The van der Waals surface area contributed by atoms with E-state index in [1.165, 1.54) is 12.3 Å². The van der Waals surface area contributed by atoms with E-state index in [2.05, 4.69) is 5.32 Å². The van der Waals surface area contributed by atoms with Crippen molar-refractivity contribution in [1.29, 1.82) is 0 Å².